The second kappa shape index (κ2) is 8.20. The number of imidazole rings is 1. The number of hydrogen-bond donors (Lipinski definition) is 1. The minimum absolute atomic E-state index is 0.184. The van der Waals surface area contributed by atoms with Gasteiger partial charge in [-0.2, -0.15) is 0 Å². The second-order valence-electron chi connectivity index (χ2n) is 6.69. The normalized spacial score (nSPS) is 14.0. The van der Waals surface area contributed by atoms with Gasteiger partial charge in [-0.25, -0.2) is 4.98 Å². The Morgan fingerprint density at radius 2 is 2.22 bits per heavy atom. The van der Waals surface area contributed by atoms with Crippen LogP contribution in [0.5, 0.6) is 0 Å². The molecule has 0 saturated carbocycles. The van der Waals surface area contributed by atoms with E-state index in [2.05, 4.69) is 10.3 Å². The first-order valence-corrected chi connectivity index (χ1v) is 9.30. The largest absolute Gasteiger partial charge is 0.352 e. The Morgan fingerprint density at radius 1 is 1.41 bits per heavy atom. The molecule has 1 fully saturated rings. The number of nitrogens with zero attached hydrogens (tertiary/aromatic N) is 4. The maximum atomic E-state index is 12.5. The van der Waals surface area contributed by atoms with Crippen LogP contribution in [-0.2, 0) is 16.0 Å². The van der Waals surface area contributed by atoms with Gasteiger partial charge in [0.15, 0.2) is 0 Å². The third kappa shape index (κ3) is 3.94. The van der Waals surface area contributed by atoms with Gasteiger partial charge in [0.25, 0.3) is 5.91 Å². The van der Waals surface area contributed by atoms with Crippen molar-refractivity contribution in [2.24, 2.45) is 0 Å². The summed E-state index contributed by atoms with van der Waals surface area (Å²) in [6.07, 6.45) is 5.41. The van der Waals surface area contributed by atoms with Gasteiger partial charge in [0.05, 0.1) is 11.3 Å². The van der Waals surface area contributed by atoms with E-state index in [1.807, 2.05) is 11.8 Å². The van der Waals surface area contributed by atoms with Crippen LogP contribution in [0.3, 0.4) is 0 Å². The quantitative estimate of drug-likeness (QED) is 0.559. The van der Waals surface area contributed by atoms with Crippen molar-refractivity contribution in [2.45, 2.75) is 32.6 Å². The predicted octanol–water partition coefficient (Wildman–Crippen LogP) is 1.23. The molecule has 2 aromatic rings. The van der Waals surface area contributed by atoms with E-state index in [1.165, 1.54) is 4.90 Å². The number of likely N-dealkylation sites (tertiary alicyclic amines) is 1. The van der Waals surface area contributed by atoms with E-state index >= 15 is 0 Å². The fourth-order valence-electron chi connectivity index (χ4n) is 3.39. The highest BCUT2D eigenvalue weighted by Crippen LogP contribution is 2.22. The van der Waals surface area contributed by atoms with Crippen molar-refractivity contribution in [3.8, 4) is 0 Å². The smallest absolute Gasteiger partial charge is 0.252 e. The molecule has 3 heterocycles. The standard InChI is InChI=1S/C19H25N5O3/c1-3-15-19(22(2)13-25)24-12-14(7-8-16(24)21-15)18(27)20-9-5-11-23-10-4-6-17(23)26/h7-8,12-13H,3-6,9-11H2,1-2H3,(H,20,27). The van der Waals surface area contributed by atoms with Gasteiger partial charge in [-0.3, -0.25) is 18.8 Å². The summed E-state index contributed by atoms with van der Waals surface area (Å²) in [5, 5.41) is 2.89. The third-order valence-corrected chi connectivity index (χ3v) is 4.81. The van der Waals surface area contributed by atoms with E-state index in [0.29, 0.717) is 43.0 Å². The summed E-state index contributed by atoms with van der Waals surface area (Å²) in [6, 6.07) is 3.50. The zero-order valence-corrected chi connectivity index (χ0v) is 15.8. The molecule has 27 heavy (non-hydrogen) atoms. The van der Waals surface area contributed by atoms with Gasteiger partial charge in [0.2, 0.25) is 12.3 Å². The Bertz CT molecular complexity index is 860. The number of hydrogen-bond acceptors (Lipinski definition) is 4. The number of rotatable bonds is 8. The van der Waals surface area contributed by atoms with Gasteiger partial charge in [-0.05, 0) is 31.4 Å². The number of amides is 3. The number of carbonyl (C=O) groups excluding carboxylic acids is 3. The Balaban J connectivity index is 1.67. The first-order valence-electron chi connectivity index (χ1n) is 9.30. The van der Waals surface area contributed by atoms with Gasteiger partial charge in [-0.15, -0.1) is 0 Å². The third-order valence-electron chi connectivity index (χ3n) is 4.81. The average molecular weight is 371 g/mol. The van der Waals surface area contributed by atoms with Gasteiger partial charge < -0.3 is 15.1 Å². The van der Waals surface area contributed by atoms with E-state index in [1.54, 1.807) is 29.8 Å². The highest BCUT2D eigenvalue weighted by Gasteiger charge is 2.19. The number of anilines is 1. The number of aromatic nitrogens is 2. The molecule has 1 N–H and O–H groups in total. The lowest BCUT2D eigenvalue weighted by molar-refractivity contribution is -0.127. The fraction of sp³-hybridized carbons (Fsp3) is 0.474. The molecular weight excluding hydrogens is 346 g/mol. The number of carbonyl (C=O) groups is 3. The van der Waals surface area contributed by atoms with E-state index in [9.17, 15) is 14.4 Å². The summed E-state index contributed by atoms with van der Waals surface area (Å²) in [7, 11) is 1.67. The molecular formula is C19H25N5O3. The summed E-state index contributed by atoms with van der Waals surface area (Å²) < 4.78 is 1.77. The maximum absolute atomic E-state index is 12.5. The highest BCUT2D eigenvalue weighted by atomic mass is 16.2. The lowest BCUT2D eigenvalue weighted by atomic mass is 10.2. The zero-order chi connectivity index (χ0) is 19.4. The summed E-state index contributed by atoms with van der Waals surface area (Å²) in [4.78, 5) is 43.1. The minimum Gasteiger partial charge on any atom is -0.352 e. The Kier molecular flexibility index (Phi) is 5.73. The summed E-state index contributed by atoms with van der Waals surface area (Å²) in [5.74, 6) is 0.686. The van der Waals surface area contributed by atoms with Gasteiger partial charge in [0.1, 0.15) is 11.5 Å². The lowest BCUT2D eigenvalue weighted by Gasteiger charge is -2.15. The van der Waals surface area contributed by atoms with Crippen molar-refractivity contribution in [2.75, 3.05) is 31.6 Å². The van der Waals surface area contributed by atoms with E-state index in [4.69, 9.17) is 0 Å². The molecule has 1 saturated heterocycles. The number of aryl methyl sites for hydroxylation is 1. The number of nitrogens with one attached hydrogen (secondary N) is 1. The van der Waals surface area contributed by atoms with Crippen molar-refractivity contribution < 1.29 is 14.4 Å². The van der Waals surface area contributed by atoms with Crippen LogP contribution < -0.4 is 10.2 Å². The molecule has 0 atom stereocenters. The highest BCUT2D eigenvalue weighted by molar-refractivity contribution is 5.94. The molecule has 0 aromatic carbocycles. The van der Waals surface area contributed by atoms with Crippen LogP contribution in [0, 0.1) is 0 Å². The van der Waals surface area contributed by atoms with Crippen LogP contribution in [0.4, 0.5) is 5.82 Å². The lowest BCUT2D eigenvalue weighted by Crippen LogP contribution is -2.30. The van der Waals surface area contributed by atoms with Crippen LogP contribution in [0.2, 0.25) is 0 Å². The maximum Gasteiger partial charge on any atom is 0.252 e. The van der Waals surface area contributed by atoms with E-state index in [0.717, 1.165) is 31.5 Å². The Hall–Kier alpha value is -2.90. The van der Waals surface area contributed by atoms with Crippen molar-refractivity contribution >= 4 is 29.7 Å². The van der Waals surface area contributed by atoms with Gasteiger partial charge in [0, 0.05) is 39.3 Å². The Labute approximate surface area is 158 Å². The fourth-order valence-corrected chi connectivity index (χ4v) is 3.39. The summed E-state index contributed by atoms with van der Waals surface area (Å²) >= 11 is 0. The minimum atomic E-state index is -0.184. The van der Waals surface area contributed by atoms with Crippen molar-refractivity contribution in [1.82, 2.24) is 19.6 Å². The van der Waals surface area contributed by atoms with Crippen LogP contribution in [0.25, 0.3) is 5.65 Å². The molecule has 2 aromatic heterocycles. The SMILES string of the molecule is CCc1nc2ccc(C(=O)NCCCN3CCCC3=O)cn2c1N(C)C=O. The molecule has 0 spiro atoms. The molecule has 8 nitrogen and oxygen atoms in total. The summed E-state index contributed by atoms with van der Waals surface area (Å²) in [5.41, 5.74) is 2.00. The molecule has 0 bridgehead atoms. The molecule has 0 unspecified atom stereocenters. The van der Waals surface area contributed by atoms with E-state index < -0.39 is 0 Å². The van der Waals surface area contributed by atoms with Crippen molar-refractivity contribution in [3.63, 3.8) is 0 Å². The first-order chi connectivity index (χ1) is 13.0. The monoisotopic (exact) mass is 371 g/mol. The van der Waals surface area contributed by atoms with Crippen LogP contribution in [0.15, 0.2) is 18.3 Å². The second-order valence-corrected chi connectivity index (χ2v) is 6.69. The molecule has 144 valence electrons. The van der Waals surface area contributed by atoms with Gasteiger partial charge in [-0.1, -0.05) is 6.92 Å². The van der Waals surface area contributed by atoms with Crippen LogP contribution in [0.1, 0.15) is 42.2 Å². The van der Waals surface area contributed by atoms with E-state index in [-0.39, 0.29) is 11.8 Å². The zero-order valence-electron chi connectivity index (χ0n) is 15.8. The Morgan fingerprint density at radius 3 is 2.89 bits per heavy atom. The van der Waals surface area contributed by atoms with Crippen molar-refractivity contribution in [1.29, 1.82) is 0 Å². The van der Waals surface area contributed by atoms with Crippen LogP contribution >= 0.6 is 0 Å². The first kappa shape index (κ1) is 18.9. The molecule has 3 rings (SSSR count). The molecule has 0 aliphatic carbocycles. The molecule has 1 aliphatic heterocycles. The van der Waals surface area contributed by atoms with Gasteiger partial charge >= 0.3 is 0 Å². The molecule has 1 aliphatic rings. The molecule has 3 amide bonds. The average Bonchev–Trinajstić information content (AvgIpc) is 3.26. The predicted molar refractivity (Wildman–Crippen MR) is 102 cm³/mol. The molecule has 8 heteroatoms. The number of pyridine rings is 1. The van der Waals surface area contributed by atoms with Crippen molar-refractivity contribution in [3.05, 3.63) is 29.6 Å². The topological polar surface area (TPSA) is 87.0 Å². The summed E-state index contributed by atoms with van der Waals surface area (Å²) in [6.45, 7) is 3.97. The molecule has 0 radical (unpaired) electrons. The van der Waals surface area contributed by atoms with Crippen LogP contribution in [-0.4, -0.2) is 59.2 Å². The number of fused-ring (bicyclic) bond motifs is 1.